The molecule has 0 heterocycles. The van der Waals surface area contributed by atoms with E-state index in [9.17, 15) is 19.5 Å². The van der Waals surface area contributed by atoms with Crippen molar-refractivity contribution in [3.8, 4) is 0 Å². The number of carbonyl (C=O) groups is 3. The van der Waals surface area contributed by atoms with Crippen LogP contribution in [0.5, 0.6) is 0 Å². The van der Waals surface area contributed by atoms with Crippen LogP contribution in [0.3, 0.4) is 0 Å². The molecule has 1 rings (SSSR count). The summed E-state index contributed by atoms with van der Waals surface area (Å²) < 4.78 is 4.90. The first-order chi connectivity index (χ1) is 15.2. The molecule has 0 bridgehead atoms. The maximum Gasteiger partial charge on any atom is 0.328 e. The van der Waals surface area contributed by atoms with Gasteiger partial charge < -0.3 is 24.9 Å². The maximum atomic E-state index is 13.4. The molecular weight excluding hydrogens is 420 g/mol. The number of esters is 1. The fourth-order valence-corrected chi connectivity index (χ4v) is 3.59. The Hall–Kier alpha value is -2.41. The number of hydrogen-bond donors (Lipinski definition) is 2. The van der Waals surface area contributed by atoms with Gasteiger partial charge in [0.2, 0.25) is 0 Å². The molecule has 0 aliphatic carbocycles. The Morgan fingerprint density at radius 1 is 0.970 bits per heavy atom. The summed E-state index contributed by atoms with van der Waals surface area (Å²) in [6.07, 6.45) is 1.51. The van der Waals surface area contributed by atoms with Crippen LogP contribution in [-0.2, 0) is 25.5 Å². The van der Waals surface area contributed by atoms with Crippen molar-refractivity contribution in [3.63, 3.8) is 0 Å². The topological polar surface area (TPSA) is 100.0 Å². The Bertz CT molecular complexity index is 747. The fourth-order valence-electron chi connectivity index (χ4n) is 3.59. The van der Waals surface area contributed by atoms with Gasteiger partial charge in [0, 0.05) is 31.7 Å². The second-order valence-corrected chi connectivity index (χ2v) is 11.2. The number of rotatable bonds is 12. The highest BCUT2D eigenvalue weighted by Crippen LogP contribution is 2.18. The molecule has 0 saturated heterocycles. The van der Waals surface area contributed by atoms with Crippen molar-refractivity contribution < 1.29 is 29.1 Å². The highest BCUT2D eigenvalue weighted by atomic mass is 16.5. The SMILES string of the molecule is COC(=O)[C@H](Cc1ccccc1)NC(=O)[C@H](CC(=O)[O-])[NH+](CCC(C)(C)C)CCC(C)(C)C. The lowest BCUT2D eigenvalue weighted by molar-refractivity contribution is -0.917. The number of carboxylic acids is 1. The molecule has 1 amide bonds. The molecule has 0 aromatic heterocycles. The van der Waals surface area contributed by atoms with Crippen LogP contribution >= 0.6 is 0 Å². The number of amides is 1. The molecule has 7 nitrogen and oxygen atoms in total. The van der Waals surface area contributed by atoms with Crippen molar-refractivity contribution in [1.82, 2.24) is 5.32 Å². The van der Waals surface area contributed by atoms with Crippen LogP contribution in [0, 0.1) is 10.8 Å². The molecule has 0 fully saturated rings. The van der Waals surface area contributed by atoms with Gasteiger partial charge in [-0.1, -0.05) is 71.9 Å². The number of methoxy groups -OCH3 is 1. The largest absolute Gasteiger partial charge is 0.550 e. The lowest BCUT2D eigenvalue weighted by Crippen LogP contribution is -3.17. The Labute approximate surface area is 198 Å². The van der Waals surface area contributed by atoms with Gasteiger partial charge in [-0.2, -0.15) is 0 Å². The minimum absolute atomic E-state index is 0.0390. The van der Waals surface area contributed by atoms with Crippen LogP contribution in [0.15, 0.2) is 30.3 Å². The molecule has 0 aliphatic heterocycles. The van der Waals surface area contributed by atoms with E-state index in [1.54, 1.807) is 0 Å². The molecule has 2 N–H and O–H groups in total. The maximum absolute atomic E-state index is 13.4. The molecule has 7 heteroatoms. The second kappa shape index (κ2) is 12.7. The van der Waals surface area contributed by atoms with E-state index in [0.717, 1.165) is 23.3 Å². The molecule has 0 radical (unpaired) electrons. The summed E-state index contributed by atoms with van der Waals surface area (Å²) in [6.45, 7) is 14.0. The number of quaternary nitrogens is 1. The molecule has 33 heavy (non-hydrogen) atoms. The van der Waals surface area contributed by atoms with Crippen LogP contribution in [0.1, 0.15) is 66.4 Å². The van der Waals surface area contributed by atoms with E-state index in [1.807, 2.05) is 30.3 Å². The Morgan fingerprint density at radius 2 is 1.48 bits per heavy atom. The van der Waals surface area contributed by atoms with Gasteiger partial charge in [-0.05, 0) is 16.4 Å². The number of carbonyl (C=O) groups excluding carboxylic acids is 3. The lowest BCUT2D eigenvalue weighted by atomic mass is 9.90. The predicted octanol–water partition coefficient (Wildman–Crippen LogP) is 1.15. The van der Waals surface area contributed by atoms with Crippen molar-refractivity contribution in [2.45, 2.75) is 79.3 Å². The highest BCUT2D eigenvalue weighted by molar-refractivity contribution is 5.89. The van der Waals surface area contributed by atoms with Gasteiger partial charge in [-0.25, -0.2) is 4.79 Å². The summed E-state index contributed by atoms with van der Waals surface area (Å²) in [5, 5.41) is 14.4. The van der Waals surface area contributed by atoms with Crippen molar-refractivity contribution in [2.24, 2.45) is 10.8 Å². The van der Waals surface area contributed by atoms with Gasteiger partial charge >= 0.3 is 5.97 Å². The van der Waals surface area contributed by atoms with Gasteiger partial charge in [0.1, 0.15) is 6.04 Å². The average Bonchev–Trinajstić information content (AvgIpc) is 2.70. The summed E-state index contributed by atoms with van der Waals surface area (Å²) in [7, 11) is 1.27. The zero-order valence-corrected chi connectivity index (χ0v) is 21.3. The number of benzene rings is 1. The van der Waals surface area contributed by atoms with Crippen LogP contribution in [0.4, 0.5) is 0 Å². The fraction of sp³-hybridized carbons (Fsp3) is 0.654. The van der Waals surface area contributed by atoms with E-state index < -0.39 is 36.4 Å². The smallest absolute Gasteiger partial charge is 0.328 e. The first-order valence-corrected chi connectivity index (χ1v) is 11.7. The number of nitrogens with one attached hydrogen (secondary N) is 2. The third-order valence-corrected chi connectivity index (χ3v) is 5.66. The molecular formula is C26H42N2O5. The van der Waals surface area contributed by atoms with Crippen LogP contribution in [0.25, 0.3) is 0 Å². The van der Waals surface area contributed by atoms with Crippen LogP contribution in [0.2, 0.25) is 0 Å². The number of aliphatic carboxylic acids is 1. The number of ether oxygens (including phenoxy) is 1. The first-order valence-electron chi connectivity index (χ1n) is 11.7. The van der Waals surface area contributed by atoms with Gasteiger partial charge in [-0.15, -0.1) is 0 Å². The van der Waals surface area contributed by atoms with Crippen molar-refractivity contribution in [3.05, 3.63) is 35.9 Å². The summed E-state index contributed by atoms with van der Waals surface area (Å²) >= 11 is 0. The zero-order chi connectivity index (χ0) is 25.2. The van der Waals surface area contributed by atoms with Crippen molar-refractivity contribution >= 4 is 17.8 Å². The molecule has 0 aliphatic rings. The Morgan fingerprint density at radius 3 is 1.91 bits per heavy atom. The zero-order valence-electron chi connectivity index (χ0n) is 21.3. The monoisotopic (exact) mass is 462 g/mol. The second-order valence-electron chi connectivity index (χ2n) is 11.2. The van der Waals surface area contributed by atoms with Gasteiger partial charge in [-0.3, -0.25) is 4.79 Å². The molecule has 0 unspecified atom stereocenters. The lowest BCUT2D eigenvalue weighted by Gasteiger charge is -2.33. The van der Waals surface area contributed by atoms with Gasteiger partial charge in [0.15, 0.2) is 6.04 Å². The summed E-state index contributed by atoms with van der Waals surface area (Å²) in [4.78, 5) is 38.3. The minimum Gasteiger partial charge on any atom is -0.550 e. The van der Waals surface area contributed by atoms with Gasteiger partial charge in [0.05, 0.1) is 20.2 Å². The normalized spacial score (nSPS) is 13.9. The van der Waals surface area contributed by atoms with E-state index in [-0.39, 0.29) is 17.3 Å². The molecule has 1 aromatic rings. The molecule has 1 aromatic carbocycles. The quantitative estimate of drug-likeness (QED) is 0.454. The van der Waals surface area contributed by atoms with Gasteiger partial charge in [0.25, 0.3) is 5.91 Å². The van der Waals surface area contributed by atoms with E-state index in [2.05, 4.69) is 46.9 Å². The van der Waals surface area contributed by atoms with Crippen LogP contribution in [-0.4, -0.2) is 50.1 Å². The molecule has 2 atom stereocenters. The predicted molar refractivity (Wildman–Crippen MR) is 126 cm³/mol. The summed E-state index contributed by atoms with van der Waals surface area (Å²) in [6, 6.07) is 7.56. The van der Waals surface area contributed by atoms with Crippen LogP contribution < -0.4 is 15.3 Å². The molecule has 0 spiro atoms. The summed E-state index contributed by atoms with van der Waals surface area (Å²) in [5.41, 5.74) is 0.948. The average molecular weight is 463 g/mol. The Kier molecular flexibility index (Phi) is 11.0. The van der Waals surface area contributed by atoms with E-state index >= 15 is 0 Å². The van der Waals surface area contributed by atoms with E-state index in [1.165, 1.54) is 7.11 Å². The third kappa shape index (κ3) is 11.9. The van der Waals surface area contributed by atoms with Crippen molar-refractivity contribution in [1.29, 1.82) is 0 Å². The van der Waals surface area contributed by atoms with E-state index in [4.69, 9.17) is 4.74 Å². The molecule has 0 saturated carbocycles. The number of hydrogen-bond acceptors (Lipinski definition) is 5. The highest BCUT2D eigenvalue weighted by Gasteiger charge is 2.34. The minimum atomic E-state index is -1.28. The first kappa shape index (κ1) is 28.6. The standard InChI is InChI=1S/C26H42N2O5/c1-25(2,3)13-15-28(16-14-26(4,5)6)21(18-22(29)30)23(31)27-20(24(32)33-7)17-19-11-9-8-10-12-19/h8-12,20-21H,13-18H2,1-7H3,(H,27,31)(H,29,30)/t20-,21-/m0/s1. The third-order valence-electron chi connectivity index (χ3n) is 5.66. The number of carboxylic acid groups (broad SMARTS) is 1. The Balaban J connectivity index is 3.14. The molecule has 186 valence electrons. The summed E-state index contributed by atoms with van der Waals surface area (Å²) in [5.74, 6) is -2.31. The van der Waals surface area contributed by atoms with E-state index in [0.29, 0.717) is 13.1 Å². The van der Waals surface area contributed by atoms with Crippen molar-refractivity contribution in [2.75, 3.05) is 20.2 Å².